The van der Waals surface area contributed by atoms with Gasteiger partial charge in [-0.15, -0.1) is 0 Å². The molecule has 0 aliphatic carbocycles. The third kappa shape index (κ3) is 5.09. The van der Waals surface area contributed by atoms with Gasteiger partial charge in [-0.05, 0) is 50.5 Å². The summed E-state index contributed by atoms with van der Waals surface area (Å²) in [5.41, 5.74) is 5.17. The molecule has 2 rings (SSSR count). The molecule has 128 valence electrons. The van der Waals surface area contributed by atoms with E-state index >= 15 is 0 Å². The molecule has 0 saturated carbocycles. The van der Waals surface area contributed by atoms with Crippen LogP contribution in [0.4, 0.5) is 0 Å². The van der Waals surface area contributed by atoms with Crippen LogP contribution in [0.1, 0.15) is 81.7 Å². The molecule has 0 spiro atoms. The number of aromatic nitrogens is 2. The fourth-order valence-corrected chi connectivity index (χ4v) is 3.36. The Hall–Kier alpha value is -1.31. The number of rotatable bonds is 10. The molecule has 1 aromatic carbocycles. The van der Waals surface area contributed by atoms with Crippen LogP contribution in [0.5, 0.6) is 0 Å². The molecule has 0 aliphatic heterocycles. The Bertz CT molecular complexity index is 610. The quantitative estimate of drug-likeness (QED) is 0.458. The summed E-state index contributed by atoms with van der Waals surface area (Å²) in [5, 5.41) is 0. The van der Waals surface area contributed by atoms with Gasteiger partial charge in [0.15, 0.2) is 0 Å². The molecule has 0 radical (unpaired) electrons. The zero-order valence-electron chi connectivity index (χ0n) is 15.6. The molecule has 0 amide bonds. The predicted octanol–water partition coefficient (Wildman–Crippen LogP) is 6.49. The Morgan fingerprint density at radius 2 is 1.35 bits per heavy atom. The zero-order valence-corrected chi connectivity index (χ0v) is 15.6. The molecular weight excluding hydrogens is 280 g/mol. The standard InChI is InChI=1S/C21H34N2/c1-5-6-7-8-9-10-11-12-13-14-23-19(4)22-20-15-17(2)18(3)16-21(20)23/h15-16H,5-14H2,1-4H3. The number of benzene rings is 1. The summed E-state index contributed by atoms with van der Waals surface area (Å²) in [4.78, 5) is 4.73. The van der Waals surface area contributed by atoms with Crippen molar-refractivity contribution in [3.05, 3.63) is 29.1 Å². The first-order chi connectivity index (χ1) is 11.1. The van der Waals surface area contributed by atoms with E-state index in [9.17, 15) is 0 Å². The largest absolute Gasteiger partial charge is 0.328 e. The van der Waals surface area contributed by atoms with Gasteiger partial charge in [-0.1, -0.05) is 58.3 Å². The normalized spacial score (nSPS) is 11.5. The maximum atomic E-state index is 4.73. The van der Waals surface area contributed by atoms with Crippen LogP contribution in [0.15, 0.2) is 12.1 Å². The van der Waals surface area contributed by atoms with Crippen molar-refractivity contribution in [1.82, 2.24) is 9.55 Å². The molecule has 0 aliphatic rings. The second-order valence-corrected chi connectivity index (χ2v) is 7.06. The first kappa shape index (κ1) is 18.0. The number of fused-ring (bicyclic) bond motifs is 1. The molecule has 0 fully saturated rings. The monoisotopic (exact) mass is 314 g/mol. The Kier molecular flexibility index (Phi) is 7.14. The fraction of sp³-hybridized carbons (Fsp3) is 0.667. The van der Waals surface area contributed by atoms with Crippen molar-refractivity contribution in [3.8, 4) is 0 Å². The Morgan fingerprint density at radius 1 is 0.783 bits per heavy atom. The summed E-state index contributed by atoms with van der Waals surface area (Å²) in [7, 11) is 0. The van der Waals surface area contributed by atoms with E-state index in [1.165, 1.54) is 74.4 Å². The van der Waals surface area contributed by atoms with Crippen molar-refractivity contribution in [1.29, 1.82) is 0 Å². The predicted molar refractivity (Wildman–Crippen MR) is 101 cm³/mol. The molecule has 1 heterocycles. The number of hydrogen-bond acceptors (Lipinski definition) is 1. The maximum Gasteiger partial charge on any atom is 0.106 e. The highest BCUT2D eigenvalue weighted by Crippen LogP contribution is 2.21. The molecule has 2 aromatic rings. The van der Waals surface area contributed by atoms with E-state index < -0.39 is 0 Å². The van der Waals surface area contributed by atoms with Crippen LogP contribution in [-0.2, 0) is 6.54 Å². The van der Waals surface area contributed by atoms with Gasteiger partial charge in [-0.2, -0.15) is 0 Å². The Morgan fingerprint density at radius 3 is 2.00 bits per heavy atom. The van der Waals surface area contributed by atoms with Gasteiger partial charge in [0.1, 0.15) is 5.82 Å². The van der Waals surface area contributed by atoms with E-state index in [0.717, 1.165) is 17.9 Å². The van der Waals surface area contributed by atoms with E-state index in [1.54, 1.807) is 0 Å². The highest BCUT2D eigenvalue weighted by Gasteiger charge is 2.08. The van der Waals surface area contributed by atoms with Gasteiger partial charge < -0.3 is 4.57 Å². The summed E-state index contributed by atoms with van der Waals surface area (Å²) < 4.78 is 2.41. The summed E-state index contributed by atoms with van der Waals surface area (Å²) >= 11 is 0. The third-order valence-corrected chi connectivity index (χ3v) is 5.04. The summed E-state index contributed by atoms with van der Waals surface area (Å²) in [5.74, 6) is 1.16. The average Bonchev–Trinajstić information content (AvgIpc) is 2.81. The first-order valence-electron chi connectivity index (χ1n) is 9.57. The molecule has 0 N–H and O–H groups in total. The lowest BCUT2D eigenvalue weighted by Crippen LogP contribution is -2.00. The Balaban J connectivity index is 1.77. The second-order valence-electron chi connectivity index (χ2n) is 7.06. The van der Waals surface area contributed by atoms with Crippen LogP contribution < -0.4 is 0 Å². The number of imidazole rings is 1. The molecule has 2 heteroatoms. The SMILES string of the molecule is CCCCCCCCCCCn1c(C)nc2cc(C)c(C)cc21. The first-order valence-corrected chi connectivity index (χ1v) is 9.57. The number of aryl methyl sites for hydroxylation is 4. The van der Waals surface area contributed by atoms with E-state index in [0.29, 0.717) is 0 Å². The number of nitrogens with zero attached hydrogens (tertiary/aromatic N) is 2. The van der Waals surface area contributed by atoms with Gasteiger partial charge in [-0.3, -0.25) is 0 Å². The van der Waals surface area contributed by atoms with Crippen LogP contribution in [0.25, 0.3) is 11.0 Å². The lowest BCUT2D eigenvalue weighted by Gasteiger charge is -2.08. The van der Waals surface area contributed by atoms with Crippen molar-refractivity contribution in [3.63, 3.8) is 0 Å². The molecule has 0 bridgehead atoms. The molecule has 23 heavy (non-hydrogen) atoms. The van der Waals surface area contributed by atoms with E-state index in [2.05, 4.69) is 44.4 Å². The van der Waals surface area contributed by atoms with Crippen molar-refractivity contribution < 1.29 is 0 Å². The molecule has 2 nitrogen and oxygen atoms in total. The summed E-state index contributed by atoms with van der Waals surface area (Å²) in [6.45, 7) is 9.90. The smallest absolute Gasteiger partial charge is 0.106 e. The number of unbranched alkanes of at least 4 members (excludes halogenated alkanes) is 8. The van der Waals surface area contributed by atoms with E-state index in [-0.39, 0.29) is 0 Å². The summed E-state index contributed by atoms with van der Waals surface area (Å²) in [6.07, 6.45) is 12.4. The van der Waals surface area contributed by atoms with Gasteiger partial charge in [0.05, 0.1) is 11.0 Å². The Labute approximate surface area is 142 Å². The molecule has 0 saturated heterocycles. The van der Waals surface area contributed by atoms with Crippen LogP contribution in [0.3, 0.4) is 0 Å². The van der Waals surface area contributed by atoms with Crippen molar-refractivity contribution in [2.45, 2.75) is 92.0 Å². The summed E-state index contributed by atoms with van der Waals surface area (Å²) in [6, 6.07) is 4.53. The van der Waals surface area contributed by atoms with Gasteiger partial charge in [-0.25, -0.2) is 4.98 Å². The van der Waals surface area contributed by atoms with Crippen molar-refractivity contribution in [2.75, 3.05) is 0 Å². The molecular formula is C21H34N2. The highest BCUT2D eigenvalue weighted by molar-refractivity contribution is 5.78. The average molecular weight is 315 g/mol. The van der Waals surface area contributed by atoms with Crippen LogP contribution in [-0.4, -0.2) is 9.55 Å². The van der Waals surface area contributed by atoms with E-state index in [4.69, 9.17) is 4.98 Å². The van der Waals surface area contributed by atoms with E-state index in [1.807, 2.05) is 0 Å². The minimum absolute atomic E-state index is 1.11. The lowest BCUT2D eigenvalue weighted by atomic mass is 10.1. The van der Waals surface area contributed by atoms with Gasteiger partial charge in [0.25, 0.3) is 0 Å². The third-order valence-electron chi connectivity index (χ3n) is 5.04. The van der Waals surface area contributed by atoms with Crippen LogP contribution in [0, 0.1) is 20.8 Å². The topological polar surface area (TPSA) is 17.8 Å². The van der Waals surface area contributed by atoms with Gasteiger partial charge in [0, 0.05) is 6.54 Å². The highest BCUT2D eigenvalue weighted by atomic mass is 15.1. The van der Waals surface area contributed by atoms with Crippen molar-refractivity contribution >= 4 is 11.0 Å². The van der Waals surface area contributed by atoms with Crippen LogP contribution >= 0.6 is 0 Å². The fourth-order valence-electron chi connectivity index (χ4n) is 3.36. The second kappa shape index (κ2) is 9.10. The molecule has 1 aromatic heterocycles. The number of hydrogen-bond donors (Lipinski definition) is 0. The molecule has 0 unspecified atom stereocenters. The van der Waals surface area contributed by atoms with Gasteiger partial charge in [0.2, 0.25) is 0 Å². The maximum absolute atomic E-state index is 4.73. The minimum Gasteiger partial charge on any atom is -0.328 e. The van der Waals surface area contributed by atoms with Gasteiger partial charge >= 0.3 is 0 Å². The van der Waals surface area contributed by atoms with Crippen LogP contribution in [0.2, 0.25) is 0 Å². The lowest BCUT2D eigenvalue weighted by molar-refractivity contribution is 0.539. The minimum atomic E-state index is 1.11. The zero-order chi connectivity index (χ0) is 16.7. The van der Waals surface area contributed by atoms with Crippen molar-refractivity contribution in [2.24, 2.45) is 0 Å². The molecule has 0 atom stereocenters.